The molecule has 2 aromatic rings. The van der Waals surface area contributed by atoms with Crippen LogP contribution in [0.2, 0.25) is 0 Å². The Kier molecular flexibility index (Phi) is 3.98. The van der Waals surface area contributed by atoms with Gasteiger partial charge in [-0.3, -0.25) is 14.3 Å². The zero-order valence-corrected chi connectivity index (χ0v) is 13.6. The summed E-state index contributed by atoms with van der Waals surface area (Å²) >= 11 is 3.39. The largest absolute Gasteiger partial charge is 0.312 e. The van der Waals surface area contributed by atoms with Gasteiger partial charge in [-0.2, -0.15) is 5.10 Å². The third kappa shape index (κ3) is 3.04. The summed E-state index contributed by atoms with van der Waals surface area (Å²) in [5.41, 5.74) is 0.799. The van der Waals surface area contributed by atoms with Gasteiger partial charge in [-0.05, 0) is 18.2 Å². The van der Waals surface area contributed by atoms with E-state index in [1.54, 1.807) is 28.9 Å². The van der Waals surface area contributed by atoms with Gasteiger partial charge in [0.05, 0.1) is 5.92 Å². The van der Waals surface area contributed by atoms with Gasteiger partial charge in [0.2, 0.25) is 11.8 Å². The molecule has 1 fully saturated rings. The number of aromatic nitrogens is 2. The number of hydrogen-bond donors (Lipinski definition) is 1. The van der Waals surface area contributed by atoms with Gasteiger partial charge in [0.1, 0.15) is 0 Å². The number of anilines is 2. The third-order valence-electron chi connectivity index (χ3n) is 3.58. The summed E-state index contributed by atoms with van der Waals surface area (Å²) in [5.74, 6) is -0.0850. The van der Waals surface area contributed by atoms with Gasteiger partial charge in [0, 0.05) is 42.4 Å². The number of nitrogens with one attached hydrogen (secondary N) is 1. The zero-order valence-electron chi connectivity index (χ0n) is 12.0. The fraction of sp³-hybridized carbons (Fsp3) is 0.267. The van der Waals surface area contributed by atoms with Crippen molar-refractivity contribution in [1.29, 1.82) is 0 Å². The van der Waals surface area contributed by atoms with Crippen molar-refractivity contribution < 1.29 is 9.59 Å². The van der Waals surface area contributed by atoms with Crippen LogP contribution in [0.3, 0.4) is 0 Å². The molecule has 22 heavy (non-hydrogen) atoms. The lowest BCUT2D eigenvalue weighted by Crippen LogP contribution is -2.28. The van der Waals surface area contributed by atoms with Crippen molar-refractivity contribution in [3.8, 4) is 0 Å². The van der Waals surface area contributed by atoms with Crippen molar-refractivity contribution in [2.45, 2.75) is 6.42 Å². The number of benzene rings is 1. The Morgan fingerprint density at radius 3 is 2.91 bits per heavy atom. The summed E-state index contributed by atoms with van der Waals surface area (Å²) in [7, 11) is 1.78. The van der Waals surface area contributed by atoms with Crippen LogP contribution in [0.25, 0.3) is 0 Å². The number of hydrogen-bond acceptors (Lipinski definition) is 3. The van der Waals surface area contributed by atoms with E-state index in [9.17, 15) is 9.59 Å². The molecule has 1 atom stereocenters. The summed E-state index contributed by atoms with van der Waals surface area (Å²) in [6.07, 6.45) is 1.97. The van der Waals surface area contributed by atoms with Crippen molar-refractivity contribution in [3.63, 3.8) is 0 Å². The summed E-state index contributed by atoms with van der Waals surface area (Å²) in [6, 6.07) is 9.22. The molecular weight excluding hydrogens is 348 g/mol. The van der Waals surface area contributed by atoms with Gasteiger partial charge in [-0.25, -0.2) is 0 Å². The maximum atomic E-state index is 12.3. The van der Waals surface area contributed by atoms with E-state index in [4.69, 9.17) is 0 Å². The fourth-order valence-electron chi connectivity index (χ4n) is 2.49. The lowest BCUT2D eigenvalue weighted by Gasteiger charge is -2.16. The number of amides is 2. The number of aryl methyl sites for hydroxylation is 1. The van der Waals surface area contributed by atoms with Crippen LogP contribution in [0.1, 0.15) is 6.42 Å². The van der Waals surface area contributed by atoms with Crippen LogP contribution in [0.4, 0.5) is 11.5 Å². The highest BCUT2D eigenvalue weighted by Crippen LogP contribution is 2.27. The zero-order chi connectivity index (χ0) is 15.7. The van der Waals surface area contributed by atoms with Crippen LogP contribution in [0.15, 0.2) is 41.0 Å². The van der Waals surface area contributed by atoms with E-state index < -0.39 is 0 Å². The molecule has 0 spiro atoms. The Balaban J connectivity index is 1.70. The molecule has 6 nitrogen and oxygen atoms in total. The molecule has 1 aromatic heterocycles. The molecule has 1 saturated heterocycles. The van der Waals surface area contributed by atoms with E-state index in [1.165, 1.54) is 0 Å². The van der Waals surface area contributed by atoms with Crippen molar-refractivity contribution in [3.05, 3.63) is 41.0 Å². The molecular formula is C15H15BrN4O2. The fourth-order valence-corrected chi connectivity index (χ4v) is 2.87. The SMILES string of the molecule is Cn1ccc(NC(=O)C2CC(=O)N(c3cccc(Br)c3)C2)n1. The molecule has 2 amide bonds. The van der Waals surface area contributed by atoms with Gasteiger partial charge in [0.15, 0.2) is 5.82 Å². The first-order valence-electron chi connectivity index (χ1n) is 6.89. The van der Waals surface area contributed by atoms with Crippen LogP contribution in [-0.4, -0.2) is 28.1 Å². The van der Waals surface area contributed by atoms with Gasteiger partial charge in [0.25, 0.3) is 0 Å². The van der Waals surface area contributed by atoms with E-state index in [0.717, 1.165) is 10.2 Å². The van der Waals surface area contributed by atoms with Crippen molar-refractivity contribution in [2.75, 3.05) is 16.8 Å². The number of carbonyl (C=O) groups excluding carboxylic acids is 2. The molecule has 114 valence electrons. The Morgan fingerprint density at radius 1 is 1.41 bits per heavy atom. The summed E-state index contributed by atoms with van der Waals surface area (Å²) in [4.78, 5) is 26.1. The minimum Gasteiger partial charge on any atom is -0.312 e. The average Bonchev–Trinajstić information content (AvgIpc) is 3.05. The summed E-state index contributed by atoms with van der Waals surface area (Å²) in [5, 5.41) is 6.86. The Bertz CT molecular complexity index is 728. The van der Waals surface area contributed by atoms with E-state index in [1.807, 2.05) is 24.3 Å². The topological polar surface area (TPSA) is 67.2 Å². The molecule has 1 aliphatic heterocycles. The predicted octanol–water partition coefficient (Wildman–Crippen LogP) is 2.17. The number of carbonyl (C=O) groups is 2. The van der Waals surface area contributed by atoms with Crippen LogP contribution in [0, 0.1) is 5.92 Å². The molecule has 7 heteroatoms. The van der Waals surface area contributed by atoms with E-state index in [-0.39, 0.29) is 24.2 Å². The first-order chi connectivity index (χ1) is 10.5. The first kappa shape index (κ1) is 14.8. The van der Waals surface area contributed by atoms with Crippen LogP contribution in [-0.2, 0) is 16.6 Å². The molecule has 2 heterocycles. The first-order valence-corrected chi connectivity index (χ1v) is 7.68. The van der Waals surface area contributed by atoms with Gasteiger partial charge >= 0.3 is 0 Å². The number of nitrogens with zero attached hydrogens (tertiary/aromatic N) is 3. The Morgan fingerprint density at radius 2 is 2.23 bits per heavy atom. The molecule has 1 unspecified atom stereocenters. The lowest BCUT2D eigenvalue weighted by atomic mass is 10.1. The van der Waals surface area contributed by atoms with Gasteiger partial charge in [-0.1, -0.05) is 22.0 Å². The minimum absolute atomic E-state index is 0.0423. The highest BCUT2D eigenvalue weighted by molar-refractivity contribution is 9.10. The summed E-state index contributed by atoms with van der Waals surface area (Å²) in [6.45, 7) is 0.383. The maximum Gasteiger partial charge on any atom is 0.231 e. The van der Waals surface area contributed by atoms with E-state index >= 15 is 0 Å². The Hall–Kier alpha value is -2.15. The van der Waals surface area contributed by atoms with Crippen molar-refractivity contribution >= 4 is 39.2 Å². The molecule has 1 aliphatic rings. The molecule has 0 radical (unpaired) electrons. The normalized spacial score (nSPS) is 17.8. The van der Waals surface area contributed by atoms with Gasteiger partial charge < -0.3 is 10.2 Å². The summed E-state index contributed by atoms with van der Waals surface area (Å²) < 4.78 is 2.52. The smallest absolute Gasteiger partial charge is 0.231 e. The molecule has 0 aliphatic carbocycles. The van der Waals surface area contributed by atoms with E-state index in [2.05, 4.69) is 26.3 Å². The number of halogens is 1. The van der Waals surface area contributed by atoms with Gasteiger partial charge in [-0.15, -0.1) is 0 Å². The third-order valence-corrected chi connectivity index (χ3v) is 4.07. The minimum atomic E-state index is -0.367. The molecule has 1 aromatic carbocycles. The monoisotopic (exact) mass is 362 g/mol. The quantitative estimate of drug-likeness (QED) is 0.909. The average molecular weight is 363 g/mol. The standard InChI is InChI=1S/C15H15BrN4O2/c1-19-6-5-13(18-19)17-15(22)10-7-14(21)20(9-10)12-4-2-3-11(16)8-12/h2-6,8,10H,7,9H2,1H3,(H,17,18,22). The molecule has 0 bridgehead atoms. The predicted molar refractivity (Wildman–Crippen MR) is 86.4 cm³/mol. The molecule has 1 N–H and O–H groups in total. The number of rotatable bonds is 3. The molecule has 3 rings (SSSR count). The molecule has 0 saturated carbocycles. The maximum absolute atomic E-state index is 12.3. The van der Waals surface area contributed by atoms with Crippen LogP contribution >= 0.6 is 15.9 Å². The second kappa shape index (κ2) is 5.92. The second-order valence-electron chi connectivity index (χ2n) is 5.25. The van der Waals surface area contributed by atoms with E-state index in [0.29, 0.717) is 12.4 Å². The van der Waals surface area contributed by atoms with Crippen LogP contribution < -0.4 is 10.2 Å². The van der Waals surface area contributed by atoms with Crippen molar-refractivity contribution in [2.24, 2.45) is 13.0 Å². The van der Waals surface area contributed by atoms with Crippen molar-refractivity contribution in [1.82, 2.24) is 9.78 Å². The lowest BCUT2D eigenvalue weighted by molar-refractivity contribution is -0.122. The van der Waals surface area contributed by atoms with Crippen LogP contribution in [0.5, 0.6) is 0 Å². The highest BCUT2D eigenvalue weighted by atomic mass is 79.9. The Labute approximate surface area is 136 Å². The second-order valence-corrected chi connectivity index (χ2v) is 6.16. The highest BCUT2D eigenvalue weighted by Gasteiger charge is 2.35.